The summed E-state index contributed by atoms with van der Waals surface area (Å²) in [6, 6.07) is 5.31. The van der Waals surface area contributed by atoms with E-state index in [9.17, 15) is 14.9 Å². The fraction of sp³-hybridized carbons (Fsp3) is 0.571. The van der Waals surface area contributed by atoms with Crippen molar-refractivity contribution in [3.8, 4) is 17.2 Å². The zero-order valence-corrected chi connectivity index (χ0v) is 22.2. The zero-order valence-electron chi connectivity index (χ0n) is 22.2. The van der Waals surface area contributed by atoms with E-state index < -0.39 is 29.6 Å². The molecule has 1 N–H and O–H groups in total. The fourth-order valence-electron chi connectivity index (χ4n) is 5.39. The topological polar surface area (TPSA) is 100 Å². The Morgan fingerprint density at radius 1 is 1.27 bits per heavy atom. The summed E-state index contributed by atoms with van der Waals surface area (Å²) in [5.74, 6) is -0.358. The van der Waals surface area contributed by atoms with E-state index in [1.165, 1.54) is 11.0 Å². The van der Waals surface area contributed by atoms with Gasteiger partial charge in [0.25, 0.3) is 0 Å². The minimum absolute atomic E-state index is 0.0220. The molecule has 37 heavy (non-hydrogen) atoms. The molecule has 1 saturated carbocycles. The van der Waals surface area contributed by atoms with Crippen LogP contribution in [-0.2, 0) is 22.5 Å². The molecule has 9 heteroatoms. The molecule has 1 aliphatic carbocycles. The summed E-state index contributed by atoms with van der Waals surface area (Å²) in [7, 11) is 0. The minimum Gasteiger partial charge on any atom is -0.444 e. The molecule has 198 valence electrons. The first-order chi connectivity index (χ1) is 17.4. The van der Waals surface area contributed by atoms with Crippen LogP contribution in [0.15, 0.2) is 30.6 Å². The summed E-state index contributed by atoms with van der Waals surface area (Å²) in [5, 5.41) is 16.8. The van der Waals surface area contributed by atoms with Gasteiger partial charge in [-0.1, -0.05) is 26.0 Å². The number of benzene rings is 1. The van der Waals surface area contributed by atoms with Crippen LogP contribution in [0.3, 0.4) is 0 Å². The highest BCUT2D eigenvalue weighted by atomic mass is 19.1. The highest BCUT2D eigenvalue weighted by Crippen LogP contribution is 2.43. The van der Waals surface area contributed by atoms with E-state index in [0.29, 0.717) is 17.0 Å². The highest BCUT2D eigenvalue weighted by molar-refractivity contribution is 5.87. The van der Waals surface area contributed by atoms with Gasteiger partial charge in [0, 0.05) is 30.8 Å². The maximum atomic E-state index is 15.0. The minimum atomic E-state index is -0.929. The van der Waals surface area contributed by atoms with Crippen LogP contribution in [0.5, 0.6) is 0 Å². The third kappa shape index (κ3) is 6.12. The molecule has 4 atom stereocenters. The molecular weight excluding hydrogens is 473 g/mol. The maximum Gasteiger partial charge on any atom is 0.411 e. The summed E-state index contributed by atoms with van der Waals surface area (Å²) in [6.07, 6.45) is 5.55. The summed E-state index contributed by atoms with van der Waals surface area (Å²) in [4.78, 5) is 27.7. The summed E-state index contributed by atoms with van der Waals surface area (Å²) >= 11 is 0. The molecule has 0 radical (unpaired) electrons. The van der Waals surface area contributed by atoms with Crippen molar-refractivity contribution < 1.29 is 18.7 Å². The third-order valence-corrected chi connectivity index (χ3v) is 6.93. The van der Waals surface area contributed by atoms with Crippen LogP contribution in [-0.4, -0.2) is 50.4 Å². The maximum absolute atomic E-state index is 15.0. The smallest absolute Gasteiger partial charge is 0.411 e. The predicted octanol–water partition coefficient (Wildman–Crippen LogP) is 4.68. The molecule has 1 aromatic carbocycles. The Hall–Kier alpha value is -3.41. The lowest BCUT2D eigenvalue weighted by Crippen LogP contribution is -2.55. The molecule has 2 aromatic rings. The zero-order chi connectivity index (χ0) is 26.9. The van der Waals surface area contributed by atoms with E-state index in [1.807, 2.05) is 10.9 Å². The molecule has 2 bridgehead atoms. The van der Waals surface area contributed by atoms with Crippen LogP contribution < -0.4 is 5.32 Å². The largest absolute Gasteiger partial charge is 0.444 e. The van der Waals surface area contributed by atoms with Crippen LogP contribution in [0.25, 0.3) is 11.1 Å². The molecular formula is C28H36FN5O3. The van der Waals surface area contributed by atoms with Gasteiger partial charge in [0.05, 0.1) is 12.3 Å². The van der Waals surface area contributed by atoms with Crippen molar-refractivity contribution in [2.24, 2.45) is 11.8 Å². The molecule has 2 amide bonds. The molecule has 1 aliphatic heterocycles. The first kappa shape index (κ1) is 26.6. The van der Waals surface area contributed by atoms with Gasteiger partial charge in [-0.25, -0.2) is 9.18 Å². The Bertz CT molecular complexity index is 1200. The number of likely N-dealkylation sites (tertiary alicyclic amines) is 1. The number of carbonyl (C=O) groups is 2. The number of rotatable bonds is 7. The predicted molar refractivity (Wildman–Crippen MR) is 137 cm³/mol. The Morgan fingerprint density at radius 2 is 2.03 bits per heavy atom. The van der Waals surface area contributed by atoms with Gasteiger partial charge in [-0.05, 0) is 69.1 Å². The van der Waals surface area contributed by atoms with Gasteiger partial charge in [-0.3, -0.25) is 14.4 Å². The Kier molecular flexibility index (Phi) is 7.58. The fourth-order valence-corrected chi connectivity index (χ4v) is 5.39. The number of halogens is 1. The lowest BCUT2D eigenvalue weighted by molar-refractivity contribution is -0.128. The standard InChI is InChI=1S/C28H36FN5O3/c1-17(2)15-33-16-21(14-31-33)18-6-7-19(24(29)12-18)10-22(13-30)32-26(35)25-20-8-9-23(11-20)34(25)27(36)37-28(3,4)5/h6-7,12,14,16-17,20,22-23,25H,8-11,15H2,1-5H3,(H,32,35)/t20-,22-,23+,25-/m0/s1. The number of nitrogens with zero attached hydrogens (tertiary/aromatic N) is 4. The van der Waals surface area contributed by atoms with Crippen LogP contribution >= 0.6 is 0 Å². The van der Waals surface area contributed by atoms with Crippen LogP contribution in [0, 0.1) is 29.0 Å². The van der Waals surface area contributed by atoms with Gasteiger partial charge >= 0.3 is 6.09 Å². The van der Waals surface area contributed by atoms with E-state index >= 15 is 4.39 Å². The quantitative estimate of drug-likeness (QED) is 0.584. The number of hydrogen-bond acceptors (Lipinski definition) is 5. The van der Waals surface area contributed by atoms with Crippen LogP contribution in [0.4, 0.5) is 9.18 Å². The van der Waals surface area contributed by atoms with Crippen molar-refractivity contribution >= 4 is 12.0 Å². The first-order valence-corrected chi connectivity index (χ1v) is 13.0. The monoisotopic (exact) mass is 509 g/mol. The average Bonchev–Trinajstić information content (AvgIpc) is 3.54. The second-order valence-electron chi connectivity index (χ2n) is 11.6. The SMILES string of the molecule is CC(C)Cn1cc(-c2ccc(C[C@@H](C#N)NC(=O)[C@@H]3[C@H]4CC[C@H](C4)N3C(=O)OC(C)(C)C)c(F)c2)cn1. The van der Waals surface area contributed by atoms with E-state index in [2.05, 4.69) is 30.3 Å². The highest BCUT2D eigenvalue weighted by Gasteiger charge is 2.52. The lowest BCUT2D eigenvalue weighted by atomic mass is 9.97. The Labute approximate surface area is 217 Å². The molecule has 0 spiro atoms. The Balaban J connectivity index is 1.43. The number of nitrogens with one attached hydrogen (secondary N) is 1. The second-order valence-corrected chi connectivity index (χ2v) is 11.6. The molecule has 1 saturated heterocycles. The van der Waals surface area contributed by atoms with Gasteiger partial charge in [0.15, 0.2) is 0 Å². The number of aromatic nitrogens is 2. The van der Waals surface area contributed by atoms with Crippen LogP contribution in [0.1, 0.15) is 59.4 Å². The van der Waals surface area contributed by atoms with Crippen molar-refractivity contribution in [2.75, 3.05) is 0 Å². The van der Waals surface area contributed by atoms with Crippen molar-refractivity contribution in [3.05, 3.63) is 42.0 Å². The number of piperidine rings is 1. The number of nitriles is 1. The average molecular weight is 510 g/mol. The summed E-state index contributed by atoms with van der Waals surface area (Å²) in [6.45, 7) is 10.4. The molecule has 8 nitrogen and oxygen atoms in total. The van der Waals surface area contributed by atoms with E-state index in [1.54, 1.807) is 39.1 Å². The molecule has 1 aromatic heterocycles. The van der Waals surface area contributed by atoms with Crippen molar-refractivity contribution in [2.45, 2.75) is 90.6 Å². The van der Waals surface area contributed by atoms with Crippen molar-refractivity contribution in [1.29, 1.82) is 5.26 Å². The summed E-state index contributed by atoms with van der Waals surface area (Å²) < 4.78 is 22.4. The van der Waals surface area contributed by atoms with Crippen LogP contribution in [0.2, 0.25) is 0 Å². The molecule has 2 aliphatic rings. The molecule has 2 heterocycles. The molecule has 4 rings (SSSR count). The number of ether oxygens (including phenoxy) is 1. The van der Waals surface area contributed by atoms with Gasteiger partial charge in [-0.2, -0.15) is 10.4 Å². The van der Waals surface area contributed by atoms with E-state index in [4.69, 9.17) is 4.74 Å². The Morgan fingerprint density at radius 3 is 2.68 bits per heavy atom. The van der Waals surface area contributed by atoms with Gasteiger partial charge < -0.3 is 10.1 Å². The van der Waals surface area contributed by atoms with Crippen molar-refractivity contribution in [3.63, 3.8) is 0 Å². The van der Waals surface area contributed by atoms with Gasteiger partial charge in [-0.15, -0.1) is 0 Å². The normalized spacial score (nSPS) is 21.7. The van der Waals surface area contributed by atoms with Gasteiger partial charge in [0.1, 0.15) is 23.5 Å². The van der Waals surface area contributed by atoms with E-state index in [-0.39, 0.29) is 24.3 Å². The van der Waals surface area contributed by atoms with Crippen molar-refractivity contribution in [1.82, 2.24) is 20.0 Å². The molecule has 2 fully saturated rings. The number of fused-ring (bicyclic) bond motifs is 2. The summed E-state index contributed by atoms with van der Waals surface area (Å²) in [5.41, 5.74) is 1.17. The van der Waals surface area contributed by atoms with E-state index in [0.717, 1.165) is 31.4 Å². The first-order valence-electron chi connectivity index (χ1n) is 13.0. The van der Waals surface area contributed by atoms with Gasteiger partial charge in [0.2, 0.25) is 5.91 Å². The second kappa shape index (κ2) is 10.5. The molecule has 0 unspecified atom stereocenters. The third-order valence-electron chi connectivity index (χ3n) is 6.93. The number of hydrogen-bond donors (Lipinski definition) is 1. The number of amides is 2. The number of carbonyl (C=O) groups excluding carboxylic acids is 2. The lowest BCUT2D eigenvalue weighted by Gasteiger charge is -2.35.